The minimum atomic E-state index is -4.35. The van der Waals surface area contributed by atoms with Crippen molar-refractivity contribution in [3.05, 3.63) is 40.4 Å². The van der Waals surface area contributed by atoms with E-state index in [1.54, 1.807) is 6.07 Å². The highest BCUT2D eigenvalue weighted by Crippen LogP contribution is 2.36. The van der Waals surface area contributed by atoms with Gasteiger partial charge < -0.3 is 0 Å². The first-order valence-electron chi connectivity index (χ1n) is 6.21. The van der Waals surface area contributed by atoms with E-state index in [1.807, 2.05) is 21.1 Å². The molecule has 20 heavy (non-hydrogen) atoms. The highest BCUT2D eigenvalue weighted by molar-refractivity contribution is 9.19. The van der Waals surface area contributed by atoms with Crippen LogP contribution < -0.4 is 0 Å². The van der Waals surface area contributed by atoms with E-state index >= 15 is 0 Å². The Morgan fingerprint density at radius 3 is 2.45 bits per heavy atom. The maximum Gasteiger partial charge on any atom is 0.416 e. The van der Waals surface area contributed by atoms with E-state index in [1.165, 1.54) is 19.1 Å². The van der Waals surface area contributed by atoms with Gasteiger partial charge in [-0.25, -0.2) is 0 Å². The van der Waals surface area contributed by atoms with Crippen molar-refractivity contribution in [2.24, 2.45) is 10.9 Å². The van der Waals surface area contributed by atoms with Crippen LogP contribution in [0.25, 0.3) is 5.70 Å². The van der Waals surface area contributed by atoms with Gasteiger partial charge in [0.15, 0.2) is 0 Å². The number of rotatable bonds is 2. The Labute approximate surface area is 125 Å². The Morgan fingerprint density at radius 1 is 1.25 bits per heavy atom. The van der Waals surface area contributed by atoms with Crippen LogP contribution in [0.5, 0.6) is 0 Å². The summed E-state index contributed by atoms with van der Waals surface area (Å²) >= 11 is 3.29. The summed E-state index contributed by atoms with van der Waals surface area (Å²) in [6.07, 6.45) is -4.35. The number of aryl methyl sites for hydroxylation is 1. The zero-order chi connectivity index (χ0) is 15.1. The quantitative estimate of drug-likeness (QED) is 0.684. The molecule has 0 bridgehead atoms. The minimum Gasteiger partial charge on any atom is -0.257 e. The molecule has 0 saturated carbocycles. The Bertz CT molecular complexity index is 603. The molecule has 1 aromatic rings. The Hall–Kier alpha value is -1.04. The summed E-state index contributed by atoms with van der Waals surface area (Å²) in [7, 11) is 1.85. The van der Waals surface area contributed by atoms with Crippen LogP contribution in [0.4, 0.5) is 13.2 Å². The van der Waals surface area contributed by atoms with E-state index in [0.29, 0.717) is 15.8 Å². The third-order valence-electron chi connectivity index (χ3n) is 3.21. The standard InChI is InChI=1S/C14H13BBrF3N/c1-7(2)11-12(20-13(16)15-11)9-5-4-8(3)10(6-9)14(17,18)19/h4-7H,1-3H3. The van der Waals surface area contributed by atoms with Gasteiger partial charge in [-0.15, -0.1) is 0 Å². The zero-order valence-corrected chi connectivity index (χ0v) is 12.9. The lowest BCUT2D eigenvalue weighted by Gasteiger charge is -2.14. The van der Waals surface area contributed by atoms with Gasteiger partial charge in [-0.05, 0) is 46.0 Å². The van der Waals surface area contributed by atoms with Crippen LogP contribution in [-0.4, -0.2) is 11.8 Å². The molecule has 1 nitrogen and oxygen atoms in total. The lowest BCUT2D eigenvalue weighted by atomic mass is 9.66. The number of aliphatic imine (C=N–C) groups is 1. The fourth-order valence-corrected chi connectivity index (χ4v) is 2.57. The molecule has 1 radical (unpaired) electrons. The van der Waals surface area contributed by atoms with E-state index in [-0.39, 0.29) is 11.5 Å². The van der Waals surface area contributed by atoms with Crippen LogP contribution in [0, 0.1) is 12.8 Å². The molecular formula is C14H13BBrF3N. The molecule has 0 aliphatic carbocycles. The molecule has 0 fully saturated rings. The summed E-state index contributed by atoms with van der Waals surface area (Å²) < 4.78 is 39.6. The maximum absolute atomic E-state index is 13.0. The van der Waals surface area contributed by atoms with E-state index < -0.39 is 11.7 Å². The largest absolute Gasteiger partial charge is 0.416 e. The molecule has 0 spiro atoms. The van der Waals surface area contributed by atoms with Crippen LogP contribution >= 0.6 is 15.9 Å². The number of hydrogen-bond acceptors (Lipinski definition) is 1. The average molecular weight is 343 g/mol. The fraction of sp³-hybridized carbons (Fsp3) is 0.357. The Kier molecular flexibility index (Phi) is 4.14. The third-order valence-corrected chi connectivity index (χ3v) is 3.61. The predicted octanol–water partition coefficient (Wildman–Crippen LogP) is 4.81. The third kappa shape index (κ3) is 3.00. The van der Waals surface area contributed by atoms with Crippen molar-refractivity contribution in [1.82, 2.24) is 0 Å². The van der Waals surface area contributed by atoms with Gasteiger partial charge in [0.2, 0.25) is 7.28 Å². The molecule has 1 heterocycles. The first-order chi connectivity index (χ1) is 9.20. The molecule has 0 N–H and O–H groups in total. The molecular weight excluding hydrogens is 330 g/mol. The number of alkyl halides is 3. The summed E-state index contributed by atoms with van der Waals surface area (Å²) in [5.74, 6) is 0.194. The Balaban J connectivity index is 2.56. The van der Waals surface area contributed by atoms with Gasteiger partial charge in [0, 0.05) is 4.52 Å². The molecule has 1 aliphatic heterocycles. The smallest absolute Gasteiger partial charge is 0.257 e. The average Bonchev–Trinajstić information content (AvgIpc) is 2.70. The number of allylic oxidation sites excluding steroid dienone is 1. The molecule has 0 aromatic heterocycles. The second-order valence-electron chi connectivity index (χ2n) is 5.06. The van der Waals surface area contributed by atoms with Crippen molar-refractivity contribution in [2.75, 3.05) is 0 Å². The Morgan fingerprint density at radius 2 is 1.90 bits per heavy atom. The van der Waals surface area contributed by atoms with Gasteiger partial charge in [0.1, 0.15) is 0 Å². The van der Waals surface area contributed by atoms with E-state index in [0.717, 1.165) is 5.47 Å². The van der Waals surface area contributed by atoms with Crippen LogP contribution in [0.3, 0.4) is 0 Å². The number of nitrogens with zero attached hydrogens (tertiary/aromatic N) is 1. The van der Waals surface area contributed by atoms with E-state index in [9.17, 15) is 13.2 Å². The summed E-state index contributed by atoms with van der Waals surface area (Å²) in [5, 5.41) is 0. The molecule has 1 aliphatic rings. The van der Waals surface area contributed by atoms with Crippen LogP contribution in [0.2, 0.25) is 0 Å². The minimum absolute atomic E-state index is 0.194. The zero-order valence-electron chi connectivity index (χ0n) is 11.3. The molecule has 0 unspecified atom stereocenters. The summed E-state index contributed by atoms with van der Waals surface area (Å²) in [6, 6.07) is 4.35. The first-order valence-corrected chi connectivity index (χ1v) is 7.00. The maximum atomic E-state index is 13.0. The van der Waals surface area contributed by atoms with Gasteiger partial charge in [-0.3, -0.25) is 4.99 Å². The van der Waals surface area contributed by atoms with Gasteiger partial charge in [-0.2, -0.15) is 13.2 Å². The van der Waals surface area contributed by atoms with Crippen LogP contribution in [-0.2, 0) is 6.18 Å². The highest BCUT2D eigenvalue weighted by atomic mass is 79.9. The SMILES string of the molecule is Cc1ccc(C2=C(C(C)C)[B]C(Br)=N2)cc1C(F)(F)F. The molecule has 1 aromatic carbocycles. The van der Waals surface area contributed by atoms with Crippen molar-refractivity contribution in [1.29, 1.82) is 0 Å². The lowest BCUT2D eigenvalue weighted by molar-refractivity contribution is -0.138. The van der Waals surface area contributed by atoms with Crippen molar-refractivity contribution < 1.29 is 13.2 Å². The topological polar surface area (TPSA) is 12.4 Å². The van der Waals surface area contributed by atoms with Crippen molar-refractivity contribution in [3.63, 3.8) is 0 Å². The first kappa shape index (κ1) is 15.4. The monoisotopic (exact) mass is 342 g/mol. The molecule has 6 heteroatoms. The normalized spacial score (nSPS) is 15.7. The molecule has 0 saturated heterocycles. The molecule has 105 valence electrons. The van der Waals surface area contributed by atoms with E-state index in [2.05, 4.69) is 20.9 Å². The fourth-order valence-electron chi connectivity index (χ4n) is 2.15. The van der Waals surface area contributed by atoms with Crippen molar-refractivity contribution in [2.45, 2.75) is 26.9 Å². The molecule has 2 rings (SSSR count). The number of benzene rings is 1. The summed E-state index contributed by atoms with van der Waals surface area (Å²) in [4.78, 5) is 4.30. The number of hydrogen-bond donors (Lipinski definition) is 0. The van der Waals surface area contributed by atoms with E-state index in [4.69, 9.17) is 0 Å². The molecule has 0 atom stereocenters. The van der Waals surface area contributed by atoms with Crippen molar-refractivity contribution >= 4 is 33.4 Å². The van der Waals surface area contributed by atoms with Gasteiger partial charge >= 0.3 is 6.18 Å². The van der Waals surface area contributed by atoms with Crippen LogP contribution in [0.1, 0.15) is 30.5 Å². The highest BCUT2D eigenvalue weighted by Gasteiger charge is 2.33. The second kappa shape index (κ2) is 5.39. The molecule has 0 amide bonds. The number of halogens is 4. The lowest BCUT2D eigenvalue weighted by Crippen LogP contribution is -2.09. The predicted molar refractivity (Wildman–Crippen MR) is 80.1 cm³/mol. The summed E-state index contributed by atoms with van der Waals surface area (Å²) in [6.45, 7) is 5.45. The van der Waals surface area contributed by atoms with Crippen molar-refractivity contribution in [3.8, 4) is 0 Å². The second-order valence-corrected chi connectivity index (χ2v) is 5.88. The van der Waals surface area contributed by atoms with Gasteiger partial charge in [0.05, 0.1) is 11.3 Å². The van der Waals surface area contributed by atoms with Gasteiger partial charge in [-0.1, -0.05) is 31.5 Å². The van der Waals surface area contributed by atoms with Crippen LogP contribution in [0.15, 0.2) is 28.7 Å². The summed E-state index contributed by atoms with van der Waals surface area (Å²) in [5.41, 5.74) is 1.66. The van der Waals surface area contributed by atoms with Gasteiger partial charge in [0.25, 0.3) is 0 Å².